The van der Waals surface area contributed by atoms with Crippen LogP contribution < -0.4 is 5.56 Å². The SMILES string of the molecule is CC(C)(O)CSc1nc(=O)ccn1C1CC1. The summed E-state index contributed by atoms with van der Waals surface area (Å²) >= 11 is 1.44. The van der Waals surface area contributed by atoms with Crippen molar-refractivity contribution < 1.29 is 5.11 Å². The second-order valence-electron chi connectivity index (χ2n) is 4.79. The second kappa shape index (κ2) is 4.22. The van der Waals surface area contributed by atoms with Crippen LogP contribution in [-0.4, -0.2) is 26.0 Å². The van der Waals surface area contributed by atoms with Gasteiger partial charge >= 0.3 is 0 Å². The lowest BCUT2D eigenvalue weighted by Crippen LogP contribution is -2.23. The zero-order valence-electron chi connectivity index (χ0n) is 9.51. The molecule has 0 saturated heterocycles. The summed E-state index contributed by atoms with van der Waals surface area (Å²) in [5, 5.41) is 10.4. The van der Waals surface area contributed by atoms with Crippen LogP contribution in [0.3, 0.4) is 0 Å². The summed E-state index contributed by atoms with van der Waals surface area (Å²) < 4.78 is 2.04. The van der Waals surface area contributed by atoms with E-state index in [1.807, 2.05) is 4.57 Å². The van der Waals surface area contributed by atoms with E-state index in [9.17, 15) is 9.90 Å². The van der Waals surface area contributed by atoms with Gasteiger partial charge in [-0.3, -0.25) is 4.79 Å². The summed E-state index contributed by atoms with van der Waals surface area (Å²) in [6.45, 7) is 3.50. The quantitative estimate of drug-likeness (QED) is 0.639. The Morgan fingerprint density at radius 3 is 2.88 bits per heavy atom. The second-order valence-corrected chi connectivity index (χ2v) is 5.73. The zero-order valence-corrected chi connectivity index (χ0v) is 10.3. The Balaban J connectivity index is 2.17. The van der Waals surface area contributed by atoms with Crippen molar-refractivity contribution in [3.05, 3.63) is 22.6 Å². The Bertz CT molecular complexity index is 432. The normalized spacial score (nSPS) is 16.4. The highest BCUT2D eigenvalue weighted by Crippen LogP contribution is 2.37. The molecule has 5 heteroatoms. The summed E-state index contributed by atoms with van der Waals surface area (Å²) in [4.78, 5) is 15.2. The van der Waals surface area contributed by atoms with Crippen LogP contribution in [0.1, 0.15) is 32.7 Å². The fourth-order valence-corrected chi connectivity index (χ4v) is 2.37. The smallest absolute Gasteiger partial charge is 0.273 e. The predicted octanol–water partition coefficient (Wildman–Crippen LogP) is 1.44. The molecule has 1 aromatic heterocycles. The first-order valence-corrected chi connectivity index (χ1v) is 6.39. The van der Waals surface area contributed by atoms with Gasteiger partial charge in [0.25, 0.3) is 5.56 Å². The van der Waals surface area contributed by atoms with Crippen molar-refractivity contribution in [2.24, 2.45) is 0 Å². The van der Waals surface area contributed by atoms with Crippen molar-refractivity contribution in [3.8, 4) is 0 Å². The van der Waals surface area contributed by atoms with Crippen LogP contribution >= 0.6 is 11.8 Å². The maximum atomic E-state index is 11.2. The van der Waals surface area contributed by atoms with Gasteiger partial charge in [-0.2, -0.15) is 4.98 Å². The highest BCUT2D eigenvalue weighted by Gasteiger charge is 2.26. The predicted molar refractivity (Wildman–Crippen MR) is 63.8 cm³/mol. The Morgan fingerprint density at radius 2 is 2.31 bits per heavy atom. The average molecular weight is 240 g/mol. The molecule has 1 N–H and O–H groups in total. The fraction of sp³-hybridized carbons (Fsp3) is 0.636. The molecule has 0 aromatic carbocycles. The molecule has 0 bridgehead atoms. The number of hydrogen-bond acceptors (Lipinski definition) is 4. The van der Waals surface area contributed by atoms with E-state index < -0.39 is 5.60 Å². The first kappa shape index (κ1) is 11.7. The molecule has 1 aromatic rings. The Labute approximate surface area is 98.7 Å². The summed E-state index contributed by atoms with van der Waals surface area (Å²) in [6, 6.07) is 1.99. The number of thioether (sulfide) groups is 1. The molecule has 0 atom stereocenters. The van der Waals surface area contributed by atoms with Crippen LogP contribution in [0, 0.1) is 0 Å². The number of aliphatic hydroxyl groups is 1. The van der Waals surface area contributed by atoms with E-state index in [2.05, 4.69) is 4.98 Å². The molecule has 16 heavy (non-hydrogen) atoms. The maximum absolute atomic E-state index is 11.2. The molecule has 0 spiro atoms. The van der Waals surface area contributed by atoms with Crippen molar-refractivity contribution in [3.63, 3.8) is 0 Å². The van der Waals surface area contributed by atoms with E-state index in [0.29, 0.717) is 11.8 Å². The molecule has 1 heterocycles. The highest BCUT2D eigenvalue weighted by atomic mass is 32.2. The van der Waals surface area contributed by atoms with Crippen molar-refractivity contribution in [2.45, 2.75) is 43.5 Å². The summed E-state index contributed by atoms with van der Waals surface area (Å²) in [6.07, 6.45) is 4.11. The Kier molecular flexibility index (Phi) is 3.08. The fourth-order valence-electron chi connectivity index (χ4n) is 1.38. The van der Waals surface area contributed by atoms with E-state index in [-0.39, 0.29) is 5.56 Å². The van der Waals surface area contributed by atoms with Crippen molar-refractivity contribution in [1.29, 1.82) is 0 Å². The first-order valence-electron chi connectivity index (χ1n) is 5.40. The van der Waals surface area contributed by atoms with Crippen LogP contribution in [0.2, 0.25) is 0 Å². The minimum Gasteiger partial charge on any atom is -0.390 e. The van der Waals surface area contributed by atoms with Gasteiger partial charge in [-0.05, 0) is 26.7 Å². The highest BCUT2D eigenvalue weighted by molar-refractivity contribution is 7.99. The van der Waals surface area contributed by atoms with Gasteiger partial charge in [0.1, 0.15) is 0 Å². The third-order valence-corrected chi connectivity index (χ3v) is 3.71. The van der Waals surface area contributed by atoms with Crippen LogP contribution in [0.25, 0.3) is 0 Å². The van der Waals surface area contributed by atoms with Crippen molar-refractivity contribution in [2.75, 3.05) is 5.75 Å². The van der Waals surface area contributed by atoms with Gasteiger partial charge in [-0.15, -0.1) is 0 Å². The molecule has 0 unspecified atom stereocenters. The van der Waals surface area contributed by atoms with Crippen LogP contribution in [-0.2, 0) is 0 Å². The Morgan fingerprint density at radius 1 is 1.62 bits per heavy atom. The van der Waals surface area contributed by atoms with Crippen LogP contribution in [0.15, 0.2) is 22.2 Å². The van der Waals surface area contributed by atoms with Gasteiger partial charge < -0.3 is 9.67 Å². The number of hydrogen-bond donors (Lipinski definition) is 1. The number of nitrogens with zero attached hydrogens (tertiary/aromatic N) is 2. The van der Waals surface area contributed by atoms with Gasteiger partial charge in [0.15, 0.2) is 5.16 Å². The van der Waals surface area contributed by atoms with E-state index in [0.717, 1.165) is 18.0 Å². The zero-order chi connectivity index (χ0) is 11.8. The minimum absolute atomic E-state index is 0.213. The van der Waals surface area contributed by atoms with E-state index in [1.54, 1.807) is 20.0 Å². The molecule has 1 aliphatic carbocycles. The largest absolute Gasteiger partial charge is 0.390 e. The lowest BCUT2D eigenvalue weighted by molar-refractivity contribution is 0.107. The van der Waals surface area contributed by atoms with Crippen LogP contribution in [0.4, 0.5) is 0 Å². The van der Waals surface area contributed by atoms with Gasteiger partial charge in [0.05, 0.1) is 5.60 Å². The van der Waals surface area contributed by atoms with Gasteiger partial charge in [0.2, 0.25) is 0 Å². The van der Waals surface area contributed by atoms with E-state index in [1.165, 1.54) is 17.8 Å². The molecule has 0 aliphatic heterocycles. The lowest BCUT2D eigenvalue weighted by atomic mass is 10.2. The van der Waals surface area contributed by atoms with Gasteiger partial charge in [0, 0.05) is 24.1 Å². The van der Waals surface area contributed by atoms with Crippen molar-refractivity contribution >= 4 is 11.8 Å². The van der Waals surface area contributed by atoms with E-state index in [4.69, 9.17) is 0 Å². The molecule has 4 nitrogen and oxygen atoms in total. The monoisotopic (exact) mass is 240 g/mol. The van der Waals surface area contributed by atoms with Gasteiger partial charge in [-0.1, -0.05) is 11.8 Å². The molecular weight excluding hydrogens is 224 g/mol. The third kappa shape index (κ3) is 3.09. The summed E-state index contributed by atoms with van der Waals surface area (Å²) in [7, 11) is 0. The first-order chi connectivity index (χ1) is 7.46. The number of rotatable bonds is 4. The average Bonchev–Trinajstić information content (AvgIpc) is 2.97. The molecule has 88 valence electrons. The standard InChI is InChI=1S/C11H16N2O2S/c1-11(2,15)7-16-10-12-9(14)5-6-13(10)8-3-4-8/h5-6,8,15H,3-4,7H2,1-2H3. The van der Waals surface area contributed by atoms with Crippen molar-refractivity contribution in [1.82, 2.24) is 9.55 Å². The minimum atomic E-state index is -0.743. The molecular formula is C11H16N2O2S. The molecule has 0 radical (unpaired) electrons. The number of aromatic nitrogens is 2. The molecule has 2 rings (SSSR count). The Hall–Kier alpha value is -0.810. The summed E-state index contributed by atoms with van der Waals surface area (Å²) in [5.41, 5.74) is -0.956. The lowest BCUT2D eigenvalue weighted by Gasteiger charge is -2.17. The molecule has 1 fully saturated rings. The third-order valence-electron chi connectivity index (χ3n) is 2.30. The van der Waals surface area contributed by atoms with E-state index >= 15 is 0 Å². The molecule has 1 aliphatic rings. The molecule has 0 amide bonds. The maximum Gasteiger partial charge on any atom is 0.273 e. The molecule has 1 saturated carbocycles. The van der Waals surface area contributed by atoms with Crippen LogP contribution in [0.5, 0.6) is 0 Å². The summed E-state index contributed by atoms with van der Waals surface area (Å²) in [5.74, 6) is 0.538. The topological polar surface area (TPSA) is 55.1 Å². The van der Waals surface area contributed by atoms with Gasteiger partial charge in [-0.25, -0.2) is 0 Å².